The van der Waals surface area contributed by atoms with Crippen LogP contribution < -0.4 is 0 Å². The van der Waals surface area contributed by atoms with Crippen molar-refractivity contribution in [1.29, 1.82) is 0 Å². The Kier molecular flexibility index (Phi) is 2.52. The molecule has 3 rings (SSSR count). The van der Waals surface area contributed by atoms with Crippen molar-refractivity contribution in [2.45, 2.75) is 23.9 Å². The second-order valence-electron chi connectivity index (χ2n) is 3.86. The molecule has 0 fully saturated rings. The number of nitrogens with zero attached hydrogens (tertiary/aromatic N) is 3. The number of hydrogen-bond acceptors (Lipinski definition) is 3. The molecule has 0 aliphatic carbocycles. The number of hydrogen-bond donors (Lipinski definition) is 0. The van der Waals surface area contributed by atoms with Gasteiger partial charge >= 0.3 is 0 Å². The minimum atomic E-state index is 0.594. The normalized spacial score (nSPS) is 18.8. The summed E-state index contributed by atoms with van der Waals surface area (Å²) in [6, 6.07) is 8.18. The maximum Gasteiger partial charge on any atom is 0.191 e. The average molecular weight is 296 g/mol. The van der Waals surface area contributed by atoms with Gasteiger partial charge < -0.3 is 4.57 Å². The molecule has 1 aromatic carbocycles. The number of fused-ring (bicyclic) bond motifs is 1. The van der Waals surface area contributed by atoms with E-state index < -0.39 is 0 Å². The number of thioether (sulfide) groups is 1. The fraction of sp³-hybridized carbons (Fsp3) is 0.273. The van der Waals surface area contributed by atoms with Crippen LogP contribution >= 0.6 is 27.7 Å². The van der Waals surface area contributed by atoms with Gasteiger partial charge in [0.1, 0.15) is 0 Å². The smallest absolute Gasteiger partial charge is 0.191 e. The molecule has 2 heterocycles. The van der Waals surface area contributed by atoms with Gasteiger partial charge in [0.25, 0.3) is 0 Å². The molecule has 1 aliphatic heterocycles. The molecule has 3 nitrogen and oxygen atoms in total. The maximum absolute atomic E-state index is 4.25. The van der Waals surface area contributed by atoms with Crippen LogP contribution in [0.1, 0.15) is 6.92 Å². The fourth-order valence-corrected chi connectivity index (χ4v) is 3.21. The minimum absolute atomic E-state index is 0.594. The first kappa shape index (κ1) is 10.4. The van der Waals surface area contributed by atoms with Gasteiger partial charge in [-0.15, -0.1) is 10.2 Å². The third kappa shape index (κ3) is 1.68. The molecule has 0 saturated heterocycles. The van der Waals surface area contributed by atoms with E-state index in [1.807, 2.05) is 12.1 Å². The van der Waals surface area contributed by atoms with Gasteiger partial charge in [-0.2, -0.15) is 0 Å². The highest BCUT2D eigenvalue weighted by molar-refractivity contribution is 9.10. The summed E-state index contributed by atoms with van der Waals surface area (Å²) in [6.07, 6.45) is 0. The molecule has 5 heteroatoms. The zero-order chi connectivity index (χ0) is 11.1. The standard InChI is InChI=1S/C11H10BrN3S/c1-7-6-15-10(13-14-11(15)16-7)8-3-2-4-9(12)5-8/h2-5,7H,6H2,1H3. The van der Waals surface area contributed by atoms with Crippen molar-refractivity contribution in [1.82, 2.24) is 14.8 Å². The van der Waals surface area contributed by atoms with Crippen molar-refractivity contribution in [3.8, 4) is 11.4 Å². The van der Waals surface area contributed by atoms with Crippen molar-refractivity contribution < 1.29 is 0 Å². The molecule has 1 atom stereocenters. The highest BCUT2D eigenvalue weighted by Crippen LogP contribution is 2.34. The first-order valence-corrected chi connectivity index (χ1v) is 6.77. The Morgan fingerprint density at radius 2 is 2.31 bits per heavy atom. The van der Waals surface area contributed by atoms with Gasteiger partial charge in [0.15, 0.2) is 11.0 Å². The lowest BCUT2D eigenvalue weighted by Gasteiger charge is -2.03. The molecule has 16 heavy (non-hydrogen) atoms. The van der Waals surface area contributed by atoms with Crippen molar-refractivity contribution in [2.24, 2.45) is 0 Å². The quantitative estimate of drug-likeness (QED) is 0.809. The predicted molar refractivity (Wildman–Crippen MR) is 68.5 cm³/mol. The Morgan fingerprint density at radius 1 is 1.44 bits per heavy atom. The van der Waals surface area contributed by atoms with E-state index in [-0.39, 0.29) is 0 Å². The average Bonchev–Trinajstić information content (AvgIpc) is 2.76. The fourth-order valence-electron chi connectivity index (χ4n) is 1.86. The molecule has 1 aliphatic rings. The van der Waals surface area contributed by atoms with E-state index in [2.05, 4.69) is 49.8 Å². The summed E-state index contributed by atoms with van der Waals surface area (Å²) in [4.78, 5) is 0. The Labute approximate surface area is 106 Å². The SMILES string of the molecule is CC1Cn2c(nnc2-c2cccc(Br)c2)S1. The third-order valence-corrected chi connectivity index (χ3v) is 4.10. The van der Waals surface area contributed by atoms with Crippen LogP contribution in [0.5, 0.6) is 0 Å². The highest BCUT2D eigenvalue weighted by Gasteiger charge is 2.24. The first-order chi connectivity index (χ1) is 7.74. The molecule has 0 spiro atoms. The summed E-state index contributed by atoms with van der Waals surface area (Å²) in [5.74, 6) is 0.966. The first-order valence-electron chi connectivity index (χ1n) is 5.10. The van der Waals surface area contributed by atoms with Gasteiger partial charge in [-0.1, -0.05) is 46.7 Å². The van der Waals surface area contributed by atoms with Crippen molar-refractivity contribution in [2.75, 3.05) is 0 Å². The van der Waals surface area contributed by atoms with E-state index >= 15 is 0 Å². The molecule has 1 aromatic heterocycles. The second-order valence-corrected chi connectivity index (χ2v) is 6.18. The number of benzene rings is 1. The molecule has 82 valence electrons. The van der Waals surface area contributed by atoms with Crippen molar-refractivity contribution in [3.05, 3.63) is 28.7 Å². The van der Waals surface area contributed by atoms with Crippen LogP contribution in [0, 0.1) is 0 Å². The van der Waals surface area contributed by atoms with Crippen LogP contribution in [-0.4, -0.2) is 20.0 Å². The molecule has 0 radical (unpaired) electrons. The van der Waals surface area contributed by atoms with Gasteiger partial charge in [-0.05, 0) is 12.1 Å². The van der Waals surface area contributed by atoms with Crippen molar-refractivity contribution >= 4 is 27.7 Å². The summed E-state index contributed by atoms with van der Waals surface area (Å²) in [5.41, 5.74) is 1.11. The predicted octanol–water partition coefficient (Wildman–Crippen LogP) is 3.20. The van der Waals surface area contributed by atoms with Gasteiger partial charge in [0, 0.05) is 21.8 Å². The third-order valence-electron chi connectivity index (χ3n) is 2.55. The van der Waals surface area contributed by atoms with Gasteiger partial charge in [0.2, 0.25) is 0 Å². The van der Waals surface area contributed by atoms with E-state index in [1.54, 1.807) is 11.8 Å². The van der Waals surface area contributed by atoms with Crippen LogP contribution in [0.2, 0.25) is 0 Å². The van der Waals surface area contributed by atoms with Gasteiger partial charge in [0.05, 0.1) is 0 Å². The lowest BCUT2D eigenvalue weighted by atomic mass is 10.2. The Morgan fingerprint density at radius 3 is 3.12 bits per heavy atom. The van der Waals surface area contributed by atoms with E-state index in [9.17, 15) is 0 Å². The molecule has 0 N–H and O–H groups in total. The second kappa shape index (κ2) is 3.89. The Bertz CT molecular complexity index is 538. The van der Waals surface area contributed by atoms with E-state index in [1.165, 1.54) is 0 Å². The van der Waals surface area contributed by atoms with E-state index in [0.29, 0.717) is 5.25 Å². The summed E-state index contributed by atoms with van der Waals surface area (Å²) in [7, 11) is 0. The Balaban J connectivity index is 2.08. The van der Waals surface area contributed by atoms with Crippen LogP contribution in [0.15, 0.2) is 33.9 Å². The Hall–Kier alpha value is -0.810. The summed E-state index contributed by atoms with van der Waals surface area (Å²) >= 11 is 5.27. The van der Waals surface area contributed by atoms with Crippen LogP contribution in [0.4, 0.5) is 0 Å². The zero-order valence-corrected chi connectivity index (χ0v) is 11.1. The molecule has 0 saturated carbocycles. The lowest BCUT2D eigenvalue weighted by Crippen LogP contribution is -2.02. The number of aromatic nitrogens is 3. The molecular weight excluding hydrogens is 286 g/mol. The lowest BCUT2D eigenvalue weighted by molar-refractivity contribution is 0.675. The largest absolute Gasteiger partial charge is 0.301 e. The van der Waals surface area contributed by atoms with E-state index in [4.69, 9.17) is 0 Å². The number of halogens is 1. The molecule has 0 amide bonds. The monoisotopic (exact) mass is 295 g/mol. The van der Waals surface area contributed by atoms with Crippen LogP contribution in [0.3, 0.4) is 0 Å². The molecule has 0 bridgehead atoms. The van der Waals surface area contributed by atoms with Crippen molar-refractivity contribution in [3.63, 3.8) is 0 Å². The maximum atomic E-state index is 4.25. The zero-order valence-electron chi connectivity index (χ0n) is 8.72. The summed E-state index contributed by atoms with van der Waals surface area (Å²) in [6.45, 7) is 3.21. The molecular formula is C11H10BrN3S. The highest BCUT2D eigenvalue weighted by atomic mass is 79.9. The van der Waals surface area contributed by atoms with Crippen LogP contribution in [-0.2, 0) is 6.54 Å². The van der Waals surface area contributed by atoms with Crippen LogP contribution in [0.25, 0.3) is 11.4 Å². The molecule has 2 aromatic rings. The summed E-state index contributed by atoms with van der Waals surface area (Å²) < 4.78 is 3.26. The molecule has 1 unspecified atom stereocenters. The minimum Gasteiger partial charge on any atom is -0.301 e. The number of rotatable bonds is 1. The topological polar surface area (TPSA) is 30.7 Å². The van der Waals surface area contributed by atoms with E-state index in [0.717, 1.165) is 27.6 Å². The van der Waals surface area contributed by atoms with Gasteiger partial charge in [-0.3, -0.25) is 0 Å². The summed E-state index contributed by atoms with van der Waals surface area (Å²) in [5, 5.41) is 10.1. The van der Waals surface area contributed by atoms with Gasteiger partial charge in [-0.25, -0.2) is 0 Å².